The van der Waals surface area contributed by atoms with Crippen molar-refractivity contribution < 1.29 is 17.9 Å². The fraction of sp³-hybridized carbons (Fsp3) is 0.636. The molecular formula is C22H26F3N7O. The van der Waals surface area contributed by atoms with Crippen molar-refractivity contribution in [1.29, 1.82) is 0 Å². The molecule has 33 heavy (non-hydrogen) atoms. The van der Waals surface area contributed by atoms with Crippen LogP contribution in [0.25, 0.3) is 0 Å². The Morgan fingerprint density at radius 2 is 2.00 bits per heavy atom. The van der Waals surface area contributed by atoms with Gasteiger partial charge in [-0.1, -0.05) is 0 Å². The first-order valence-corrected chi connectivity index (χ1v) is 11.5. The normalized spacial score (nSPS) is 30.2. The van der Waals surface area contributed by atoms with E-state index in [1.807, 2.05) is 17.8 Å². The molecule has 0 amide bonds. The van der Waals surface area contributed by atoms with Crippen LogP contribution < -0.4 is 5.32 Å². The number of nitrogens with zero attached hydrogens (tertiary/aromatic N) is 6. The molecule has 2 aromatic rings. The highest BCUT2D eigenvalue weighted by Crippen LogP contribution is 2.47. The molecule has 0 bridgehead atoms. The van der Waals surface area contributed by atoms with Crippen LogP contribution in [0.15, 0.2) is 23.6 Å². The highest BCUT2D eigenvalue weighted by atomic mass is 19.4. The molecule has 1 unspecified atom stereocenters. The van der Waals surface area contributed by atoms with Crippen molar-refractivity contribution >= 4 is 11.5 Å². The zero-order chi connectivity index (χ0) is 22.7. The van der Waals surface area contributed by atoms with Crippen LogP contribution in [0.3, 0.4) is 0 Å². The molecule has 1 saturated heterocycles. The fourth-order valence-corrected chi connectivity index (χ4v) is 4.84. The second kappa shape index (κ2) is 7.76. The van der Waals surface area contributed by atoms with Crippen LogP contribution in [0.4, 0.5) is 19.0 Å². The molecule has 2 aromatic heterocycles. The van der Waals surface area contributed by atoms with Gasteiger partial charge in [0.05, 0.1) is 42.3 Å². The second-order valence-electron chi connectivity index (χ2n) is 9.49. The Morgan fingerprint density at radius 1 is 1.18 bits per heavy atom. The number of aryl methyl sites for hydroxylation is 1. The van der Waals surface area contributed by atoms with Crippen molar-refractivity contribution in [2.45, 2.75) is 57.2 Å². The van der Waals surface area contributed by atoms with Gasteiger partial charge in [-0.3, -0.25) is 9.58 Å². The summed E-state index contributed by atoms with van der Waals surface area (Å²) in [4.78, 5) is 16.1. The summed E-state index contributed by atoms with van der Waals surface area (Å²) in [5.41, 5.74) is 2.98. The molecule has 0 radical (unpaired) electrons. The molecule has 4 aliphatic rings. The molecule has 2 atom stereocenters. The largest absolute Gasteiger partial charge is 0.391 e. The fourth-order valence-electron chi connectivity index (χ4n) is 4.84. The maximum Gasteiger partial charge on any atom is 0.391 e. The number of alkyl halides is 3. The van der Waals surface area contributed by atoms with Crippen LogP contribution in [0, 0.1) is 18.8 Å². The maximum atomic E-state index is 13.1. The minimum Gasteiger partial charge on any atom is -0.371 e. The lowest BCUT2D eigenvalue weighted by molar-refractivity contribution is -0.199. The molecule has 176 valence electrons. The molecule has 11 heteroatoms. The lowest BCUT2D eigenvalue weighted by Crippen LogP contribution is -2.50. The molecule has 2 aliphatic carbocycles. The molecule has 3 fully saturated rings. The number of halogens is 3. The van der Waals surface area contributed by atoms with Gasteiger partial charge in [0, 0.05) is 37.0 Å². The minimum absolute atomic E-state index is 0.0517. The second-order valence-corrected chi connectivity index (χ2v) is 9.49. The van der Waals surface area contributed by atoms with Gasteiger partial charge in [-0.15, -0.1) is 0 Å². The van der Waals surface area contributed by atoms with Gasteiger partial charge in [-0.2, -0.15) is 18.3 Å². The Hall–Kier alpha value is -2.53. The van der Waals surface area contributed by atoms with Crippen LogP contribution in [-0.2, 0) is 4.74 Å². The monoisotopic (exact) mass is 461 g/mol. The number of hydrogen-bond donors (Lipinski definition) is 1. The van der Waals surface area contributed by atoms with E-state index in [0.717, 1.165) is 11.3 Å². The molecule has 8 nitrogen and oxygen atoms in total. The van der Waals surface area contributed by atoms with Crippen molar-refractivity contribution in [3.8, 4) is 0 Å². The number of rotatable bonds is 4. The minimum atomic E-state index is -4.16. The van der Waals surface area contributed by atoms with Crippen molar-refractivity contribution in [1.82, 2.24) is 24.6 Å². The van der Waals surface area contributed by atoms with Gasteiger partial charge >= 0.3 is 6.18 Å². The van der Waals surface area contributed by atoms with Crippen molar-refractivity contribution in [3.63, 3.8) is 0 Å². The summed E-state index contributed by atoms with van der Waals surface area (Å²) in [5.74, 6) is -0.938. The highest BCUT2D eigenvalue weighted by molar-refractivity contribution is 6.05. The predicted molar refractivity (Wildman–Crippen MR) is 114 cm³/mol. The third-order valence-corrected chi connectivity index (χ3v) is 7.01. The number of nitrogens with one attached hydrogen (secondary N) is 1. The Morgan fingerprint density at radius 3 is 2.76 bits per heavy atom. The van der Waals surface area contributed by atoms with Gasteiger partial charge < -0.3 is 10.1 Å². The van der Waals surface area contributed by atoms with E-state index in [2.05, 4.69) is 31.5 Å². The number of morpholine rings is 1. The summed E-state index contributed by atoms with van der Waals surface area (Å²) < 4.78 is 47.4. The Kier molecular flexibility index (Phi) is 4.95. The molecular weight excluding hydrogens is 435 g/mol. The number of aliphatic imine (C=N–C) groups is 1. The van der Waals surface area contributed by atoms with Crippen LogP contribution >= 0.6 is 0 Å². The summed E-state index contributed by atoms with van der Waals surface area (Å²) in [6.45, 7) is 3.65. The van der Waals surface area contributed by atoms with Gasteiger partial charge in [0.25, 0.3) is 0 Å². The predicted octanol–water partition coefficient (Wildman–Crippen LogP) is 3.48. The van der Waals surface area contributed by atoms with Gasteiger partial charge in [-0.05, 0) is 32.6 Å². The molecule has 0 spiro atoms. The van der Waals surface area contributed by atoms with Gasteiger partial charge in [0.2, 0.25) is 0 Å². The lowest BCUT2D eigenvalue weighted by Gasteiger charge is -2.42. The smallest absolute Gasteiger partial charge is 0.371 e. The Labute approximate surface area is 189 Å². The van der Waals surface area contributed by atoms with Crippen LogP contribution in [0.5, 0.6) is 0 Å². The van der Waals surface area contributed by atoms with Gasteiger partial charge in [0.15, 0.2) is 12.1 Å². The van der Waals surface area contributed by atoms with E-state index >= 15 is 0 Å². The van der Waals surface area contributed by atoms with E-state index in [4.69, 9.17) is 9.73 Å². The number of hydrogen-bond acceptors (Lipinski definition) is 7. The van der Waals surface area contributed by atoms with E-state index in [0.29, 0.717) is 43.0 Å². The van der Waals surface area contributed by atoms with Crippen LogP contribution in [0.1, 0.15) is 54.8 Å². The zero-order valence-corrected chi connectivity index (χ0v) is 18.3. The van der Waals surface area contributed by atoms with E-state index < -0.39 is 18.4 Å². The third kappa shape index (κ3) is 4.01. The van der Waals surface area contributed by atoms with Gasteiger partial charge in [0.1, 0.15) is 5.69 Å². The molecule has 2 saturated carbocycles. The Balaban J connectivity index is 1.23. The average molecular weight is 461 g/mol. The van der Waals surface area contributed by atoms with E-state index in [-0.39, 0.29) is 24.9 Å². The molecule has 4 heterocycles. The number of ether oxygens (including phenoxy) is 1. The Bertz CT molecular complexity index is 1070. The first kappa shape index (κ1) is 21.0. The molecule has 2 aliphatic heterocycles. The van der Waals surface area contributed by atoms with Crippen LogP contribution in [0.2, 0.25) is 0 Å². The van der Waals surface area contributed by atoms with Crippen molar-refractivity contribution in [2.24, 2.45) is 16.8 Å². The first-order valence-electron chi connectivity index (χ1n) is 11.5. The molecule has 1 N–H and O–H groups in total. The zero-order valence-electron chi connectivity index (χ0n) is 18.3. The summed E-state index contributed by atoms with van der Waals surface area (Å²) in [7, 11) is 0. The number of fused-ring (bicyclic) bond motifs is 1. The van der Waals surface area contributed by atoms with E-state index in [9.17, 15) is 13.2 Å². The van der Waals surface area contributed by atoms with Gasteiger partial charge in [-0.25, -0.2) is 15.0 Å². The van der Waals surface area contributed by atoms with Crippen molar-refractivity contribution in [3.05, 3.63) is 35.5 Å². The standard InChI is InChI=1S/C22H26F3N7O/c1-12-8-26-19-18(13-6-15(7-13)22(23,24)25)29-21(30-20(19)28-12)31-4-5-33-17(11-31)14-9-27-32(10-14)16-2-3-16/h8-10,13,15-17,21H,2-7,11H2,1H3,(H,28,30)/t13?,15?,17-,21?/m0/s1. The quantitative estimate of drug-likeness (QED) is 0.751. The van der Waals surface area contributed by atoms with E-state index in [1.165, 1.54) is 12.8 Å². The highest BCUT2D eigenvalue weighted by Gasteiger charge is 2.50. The lowest BCUT2D eigenvalue weighted by atomic mass is 9.71. The summed E-state index contributed by atoms with van der Waals surface area (Å²) in [5, 5.41) is 7.83. The molecule has 0 aromatic carbocycles. The third-order valence-electron chi connectivity index (χ3n) is 7.01. The van der Waals surface area contributed by atoms with Crippen LogP contribution in [-0.4, -0.2) is 62.5 Å². The maximum absolute atomic E-state index is 13.1. The summed E-state index contributed by atoms with van der Waals surface area (Å²) in [6.07, 6.45) is 3.29. The number of anilines is 1. The van der Waals surface area contributed by atoms with E-state index in [1.54, 1.807) is 6.20 Å². The topological polar surface area (TPSA) is 80.5 Å². The summed E-state index contributed by atoms with van der Waals surface area (Å²) in [6, 6.07) is 0.506. The number of aromatic nitrogens is 4. The average Bonchev–Trinajstić information content (AvgIpc) is 3.48. The van der Waals surface area contributed by atoms with Crippen molar-refractivity contribution in [2.75, 3.05) is 25.0 Å². The molecule has 6 rings (SSSR count). The summed E-state index contributed by atoms with van der Waals surface area (Å²) >= 11 is 0. The SMILES string of the molecule is Cc1cnc2c(n1)NC(N1CCO[C@H](c3cnn(C4CC4)c3)C1)N=C2C1CC(C(F)(F)F)C1. The first-order chi connectivity index (χ1) is 15.8.